The highest BCUT2D eigenvalue weighted by molar-refractivity contribution is 6.30. The zero-order chi connectivity index (χ0) is 19.1. The molecular formula is C20H15ClN4O2. The van der Waals surface area contributed by atoms with Crippen LogP contribution in [0, 0.1) is 0 Å². The van der Waals surface area contributed by atoms with Crippen molar-refractivity contribution in [2.24, 2.45) is 15.3 Å². The van der Waals surface area contributed by atoms with Gasteiger partial charge in [-0.3, -0.25) is 4.79 Å². The van der Waals surface area contributed by atoms with Crippen molar-refractivity contribution in [2.75, 3.05) is 0 Å². The Labute approximate surface area is 160 Å². The van der Waals surface area contributed by atoms with Crippen molar-refractivity contribution in [1.82, 2.24) is 5.43 Å². The Morgan fingerprint density at radius 1 is 0.926 bits per heavy atom. The zero-order valence-corrected chi connectivity index (χ0v) is 14.8. The molecule has 0 bridgehead atoms. The van der Waals surface area contributed by atoms with Crippen LogP contribution in [0.4, 0.5) is 11.4 Å². The number of phenolic OH excluding ortho intramolecular Hbond substituents is 1. The molecule has 0 unspecified atom stereocenters. The standard InChI is InChI=1S/C20H15ClN4O2/c21-16-6-4-5-14(11-16)20(27)25-22-13-15-12-18(9-10-19(15)26)24-23-17-7-2-1-3-8-17/h1-13,26H,(H,25,27). The number of amides is 1. The highest BCUT2D eigenvalue weighted by Gasteiger charge is 2.05. The predicted octanol–water partition coefficient (Wildman–Crippen LogP) is 5.22. The van der Waals surface area contributed by atoms with E-state index in [2.05, 4.69) is 20.8 Å². The minimum absolute atomic E-state index is 0.00872. The Balaban J connectivity index is 1.70. The van der Waals surface area contributed by atoms with E-state index in [0.29, 0.717) is 21.8 Å². The molecule has 0 radical (unpaired) electrons. The fraction of sp³-hybridized carbons (Fsp3) is 0. The summed E-state index contributed by atoms with van der Waals surface area (Å²) in [6.07, 6.45) is 1.33. The number of nitrogens with zero attached hydrogens (tertiary/aromatic N) is 3. The lowest BCUT2D eigenvalue weighted by atomic mass is 10.2. The predicted molar refractivity (Wildman–Crippen MR) is 105 cm³/mol. The number of halogens is 1. The molecule has 3 aromatic rings. The molecule has 3 rings (SSSR count). The Morgan fingerprint density at radius 2 is 1.70 bits per heavy atom. The van der Waals surface area contributed by atoms with Gasteiger partial charge in [0, 0.05) is 16.1 Å². The van der Waals surface area contributed by atoms with Crippen molar-refractivity contribution in [3.8, 4) is 5.75 Å². The summed E-state index contributed by atoms with van der Waals surface area (Å²) in [5, 5.41) is 22.5. The number of hydrogen-bond donors (Lipinski definition) is 2. The van der Waals surface area contributed by atoms with Gasteiger partial charge >= 0.3 is 0 Å². The zero-order valence-electron chi connectivity index (χ0n) is 14.1. The van der Waals surface area contributed by atoms with Crippen LogP contribution in [0.2, 0.25) is 5.02 Å². The molecule has 0 heterocycles. The van der Waals surface area contributed by atoms with Gasteiger partial charge in [-0.1, -0.05) is 35.9 Å². The monoisotopic (exact) mass is 378 g/mol. The van der Waals surface area contributed by atoms with Crippen LogP contribution in [0.5, 0.6) is 5.75 Å². The van der Waals surface area contributed by atoms with Crippen molar-refractivity contribution in [3.05, 3.63) is 88.9 Å². The van der Waals surface area contributed by atoms with Crippen molar-refractivity contribution in [1.29, 1.82) is 0 Å². The first-order valence-electron chi connectivity index (χ1n) is 8.00. The van der Waals surface area contributed by atoms with Crippen LogP contribution >= 0.6 is 11.6 Å². The van der Waals surface area contributed by atoms with E-state index in [1.54, 1.807) is 30.3 Å². The topological polar surface area (TPSA) is 86.4 Å². The highest BCUT2D eigenvalue weighted by Crippen LogP contribution is 2.24. The lowest BCUT2D eigenvalue weighted by Gasteiger charge is -2.02. The van der Waals surface area contributed by atoms with E-state index in [1.807, 2.05) is 30.3 Å². The first kappa shape index (κ1) is 18.3. The third-order valence-electron chi connectivity index (χ3n) is 3.50. The van der Waals surface area contributed by atoms with E-state index in [-0.39, 0.29) is 5.75 Å². The highest BCUT2D eigenvalue weighted by atomic mass is 35.5. The number of hydrogen-bond acceptors (Lipinski definition) is 5. The third-order valence-corrected chi connectivity index (χ3v) is 3.74. The van der Waals surface area contributed by atoms with Gasteiger partial charge in [-0.15, -0.1) is 0 Å². The Morgan fingerprint density at radius 3 is 2.48 bits per heavy atom. The lowest BCUT2D eigenvalue weighted by molar-refractivity contribution is 0.0955. The van der Waals surface area contributed by atoms with Gasteiger partial charge in [0.2, 0.25) is 0 Å². The molecule has 3 aromatic carbocycles. The van der Waals surface area contributed by atoms with Crippen LogP contribution in [-0.2, 0) is 0 Å². The largest absolute Gasteiger partial charge is 0.507 e. The molecule has 0 aromatic heterocycles. The number of hydrazone groups is 1. The molecule has 0 fully saturated rings. The number of rotatable bonds is 5. The number of nitrogens with one attached hydrogen (secondary N) is 1. The average Bonchev–Trinajstić information content (AvgIpc) is 2.69. The Bertz CT molecular complexity index is 1000. The SMILES string of the molecule is O=C(NN=Cc1cc(N=Nc2ccccc2)ccc1O)c1cccc(Cl)c1. The number of phenols is 1. The first-order valence-corrected chi connectivity index (χ1v) is 8.38. The first-order chi connectivity index (χ1) is 13.1. The molecule has 6 nitrogen and oxygen atoms in total. The minimum atomic E-state index is -0.409. The third kappa shape index (κ3) is 5.23. The van der Waals surface area contributed by atoms with E-state index in [9.17, 15) is 9.90 Å². The van der Waals surface area contributed by atoms with E-state index in [4.69, 9.17) is 11.6 Å². The molecule has 0 atom stereocenters. The van der Waals surface area contributed by atoms with Crippen LogP contribution in [0.1, 0.15) is 15.9 Å². The summed E-state index contributed by atoms with van der Waals surface area (Å²) in [7, 11) is 0. The molecule has 0 aliphatic carbocycles. The number of azo groups is 1. The fourth-order valence-electron chi connectivity index (χ4n) is 2.17. The summed E-state index contributed by atoms with van der Waals surface area (Å²) in [6.45, 7) is 0. The van der Waals surface area contributed by atoms with Gasteiger partial charge < -0.3 is 5.11 Å². The van der Waals surface area contributed by atoms with Gasteiger partial charge in [0.05, 0.1) is 17.6 Å². The van der Waals surface area contributed by atoms with Crippen LogP contribution in [0.3, 0.4) is 0 Å². The number of carbonyl (C=O) groups is 1. The molecule has 0 aliphatic rings. The molecule has 7 heteroatoms. The maximum absolute atomic E-state index is 12.0. The quantitative estimate of drug-likeness (QED) is 0.362. The number of carbonyl (C=O) groups excluding carboxylic acids is 1. The normalized spacial score (nSPS) is 11.1. The maximum atomic E-state index is 12.0. The molecular weight excluding hydrogens is 364 g/mol. The van der Waals surface area contributed by atoms with Crippen LogP contribution in [0.15, 0.2) is 88.1 Å². The summed E-state index contributed by atoms with van der Waals surface area (Å²) in [5.74, 6) is -0.400. The average molecular weight is 379 g/mol. The Hall–Kier alpha value is -3.51. The van der Waals surface area contributed by atoms with Crippen molar-refractivity contribution in [2.45, 2.75) is 0 Å². The van der Waals surface area contributed by atoms with Gasteiger partial charge in [0.25, 0.3) is 5.91 Å². The smallest absolute Gasteiger partial charge is 0.271 e. The van der Waals surface area contributed by atoms with Gasteiger partial charge in [0.1, 0.15) is 5.75 Å². The lowest BCUT2D eigenvalue weighted by Crippen LogP contribution is -2.17. The van der Waals surface area contributed by atoms with E-state index in [1.165, 1.54) is 18.3 Å². The van der Waals surface area contributed by atoms with E-state index >= 15 is 0 Å². The molecule has 0 aliphatic heterocycles. The number of benzene rings is 3. The van der Waals surface area contributed by atoms with Gasteiger partial charge in [0.15, 0.2) is 0 Å². The molecule has 0 saturated heterocycles. The summed E-state index contributed by atoms with van der Waals surface area (Å²) in [6, 6.07) is 20.5. The molecule has 0 spiro atoms. The van der Waals surface area contributed by atoms with Gasteiger partial charge in [-0.05, 0) is 48.5 Å². The van der Waals surface area contributed by atoms with Crippen molar-refractivity contribution >= 4 is 35.1 Å². The minimum Gasteiger partial charge on any atom is -0.507 e. The Kier molecular flexibility index (Phi) is 5.91. The van der Waals surface area contributed by atoms with Crippen molar-refractivity contribution < 1.29 is 9.90 Å². The van der Waals surface area contributed by atoms with E-state index in [0.717, 1.165) is 5.69 Å². The number of aromatic hydroxyl groups is 1. The summed E-state index contributed by atoms with van der Waals surface area (Å²) >= 11 is 5.86. The molecule has 134 valence electrons. The van der Waals surface area contributed by atoms with Gasteiger partial charge in [-0.2, -0.15) is 15.3 Å². The molecule has 0 saturated carbocycles. The summed E-state index contributed by atoms with van der Waals surface area (Å²) < 4.78 is 0. The second-order valence-electron chi connectivity index (χ2n) is 5.49. The van der Waals surface area contributed by atoms with Crippen LogP contribution in [0.25, 0.3) is 0 Å². The van der Waals surface area contributed by atoms with Gasteiger partial charge in [-0.25, -0.2) is 5.43 Å². The summed E-state index contributed by atoms with van der Waals surface area (Å²) in [4.78, 5) is 12.0. The molecule has 1 amide bonds. The van der Waals surface area contributed by atoms with E-state index < -0.39 is 5.91 Å². The molecule has 27 heavy (non-hydrogen) atoms. The second-order valence-corrected chi connectivity index (χ2v) is 5.92. The maximum Gasteiger partial charge on any atom is 0.271 e. The fourth-order valence-corrected chi connectivity index (χ4v) is 2.36. The second kappa shape index (κ2) is 8.73. The molecule has 2 N–H and O–H groups in total. The summed E-state index contributed by atoms with van der Waals surface area (Å²) in [5.41, 5.74) is 4.42. The van der Waals surface area contributed by atoms with Crippen LogP contribution < -0.4 is 5.43 Å². The van der Waals surface area contributed by atoms with Crippen molar-refractivity contribution in [3.63, 3.8) is 0 Å². The van der Waals surface area contributed by atoms with Crippen LogP contribution in [-0.4, -0.2) is 17.2 Å².